The summed E-state index contributed by atoms with van der Waals surface area (Å²) in [6.07, 6.45) is 2.77. The molecular weight excluding hydrogens is 434 g/mol. The van der Waals surface area contributed by atoms with Gasteiger partial charge in [0.25, 0.3) is 0 Å². The second-order valence-electron chi connectivity index (χ2n) is 8.93. The second-order valence-corrected chi connectivity index (χ2v) is 8.93. The highest BCUT2D eigenvalue weighted by atomic mass is 16.7. The van der Waals surface area contributed by atoms with Gasteiger partial charge in [-0.3, -0.25) is 4.90 Å². The summed E-state index contributed by atoms with van der Waals surface area (Å²) in [6.45, 7) is 7.05. The lowest BCUT2D eigenvalue weighted by atomic mass is 9.85. The molecule has 7 nitrogen and oxygen atoms in total. The summed E-state index contributed by atoms with van der Waals surface area (Å²) in [5, 5.41) is 8.72. The van der Waals surface area contributed by atoms with Crippen molar-refractivity contribution in [2.45, 2.75) is 52.2 Å². The lowest BCUT2D eigenvalue weighted by Crippen LogP contribution is -2.53. The van der Waals surface area contributed by atoms with Gasteiger partial charge in [-0.05, 0) is 66.6 Å². The van der Waals surface area contributed by atoms with Crippen LogP contribution >= 0.6 is 0 Å². The molecule has 4 rings (SSSR count). The number of hydrogen-bond acceptors (Lipinski definition) is 5. The molecule has 1 aliphatic heterocycles. The number of ether oxygens (including phenoxy) is 3. The van der Waals surface area contributed by atoms with Gasteiger partial charge in [0.05, 0.1) is 7.11 Å². The van der Waals surface area contributed by atoms with Crippen molar-refractivity contribution in [3.63, 3.8) is 0 Å². The third-order valence-corrected chi connectivity index (χ3v) is 6.60. The lowest BCUT2D eigenvalue weighted by molar-refractivity contribution is -0.0292. The average molecular weight is 470 g/mol. The van der Waals surface area contributed by atoms with Crippen molar-refractivity contribution >= 4 is 11.7 Å². The summed E-state index contributed by atoms with van der Waals surface area (Å²) in [5.41, 5.74) is 7.67. The lowest BCUT2D eigenvalue weighted by Gasteiger charge is -2.39. The molecule has 0 unspecified atom stereocenters. The highest BCUT2D eigenvalue weighted by Crippen LogP contribution is 2.34. The van der Waals surface area contributed by atoms with Crippen LogP contribution in [0.4, 0.5) is 4.79 Å². The molecule has 1 fully saturated rings. The summed E-state index contributed by atoms with van der Waals surface area (Å²) in [4.78, 5) is 12.9. The van der Waals surface area contributed by atoms with E-state index in [1.165, 1.54) is 27.8 Å². The molecule has 0 aromatic heterocycles. The Labute approximate surface area is 201 Å². The van der Waals surface area contributed by atoms with E-state index >= 15 is 0 Å². The molecule has 0 atom stereocenters. The Morgan fingerprint density at radius 2 is 1.94 bits per heavy atom. The fraction of sp³-hybridized carbons (Fsp3) is 0.444. The van der Waals surface area contributed by atoms with Gasteiger partial charge < -0.3 is 24.8 Å². The minimum atomic E-state index is -1.19. The molecule has 0 saturated carbocycles. The molecule has 1 heterocycles. The van der Waals surface area contributed by atoms with Crippen LogP contribution in [0.5, 0.6) is 11.5 Å². The van der Waals surface area contributed by atoms with Crippen molar-refractivity contribution in [2.24, 2.45) is 0 Å². The van der Waals surface area contributed by atoms with Crippen LogP contribution in [0.15, 0.2) is 42.0 Å². The summed E-state index contributed by atoms with van der Waals surface area (Å²) < 4.78 is 16.5. The molecule has 2 aromatic rings. The van der Waals surface area contributed by atoms with Crippen molar-refractivity contribution in [2.75, 3.05) is 26.7 Å². The maximum Gasteiger partial charge on any atom is 0.506 e. The maximum atomic E-state index is 10.6. The van der Waals surface area contributed by atoms with Crippen molar-refractivity contribution in [1.82, 2.24) is 4.90 Å². The zero-order chi connectivity index (χ0) is 23.4. The summed E-state index contributed by atoms with van der Waals surface area (Å²) in [6, 6.07) is 12.7. The van der Waals surface area contributed by atoms with E-state index in [1.54, 1.807) is 7.11 Å². The molecule has 1 saturated heterocycles. The van der Waals surface area contributed by atoms with Crippen LogP contribution in [-0.4, -0.2) is 54.5 Å². The van der Waals surface area contributed by atoms with Gasteiger partial charge in [0.15, 0.2) is 0 Å². The molecule has 2 aromatic carbocycles. The van der Waals surface area contributed by atoms with Crippen molar-refractivity contribution in [1.29, 1.82) is 0 Å². The molecule has 0 spiro atoms. The van der Waals surface area contributed by atoms with Gasteiger partial charge in [-0.1, -0.05) is 37.1 Å². The van der Waals surface area contributed by atoms with Gasteiger partial charge in [0, 0.05) is 25.2 Å². The predicted octanol–water partition coefficient (Wildman–Crippen LogP) is 4.50. The molecule has 0 radical (unpaired) electrons. The van der Waals surface area contributed by atoms with E-state index in [-0.39, 0.29) is 11.6 Å². The number of methoxy groups -OCH3 is 1. The first-order chi connectivity index (χ1) is 16.0. The maximum absolute atomic E-state index is 10.6. The van der Waals surface area contributed by atoms with E-state index in [1.807, 2.05) is 6.07 Å². The topological polar surface area (TPSA) is 99.7 Å². The zero-order valence-corrected chi connectivity index (χ0v) is 20.2. The Morgan fingerprint density at radius 1 is 1.15 bits per heavy atom. The van der Waals surface area contributed by atoms with Crippen LogP contribution in [0.25, 0.3) is 5.57 Å². The minimum absolute atomic E-state index is 0. The number of carboxylic acid groups (broad SMARTS) is 1. The van der Waals surface area contributed by atoms with Crippen LogP contribution in [-0.2, 0) is 24.2 Å². The number of hydrogen-bond donors (Lipinski definition) is 1. The van der Waals surface area contributed by atoms with Crippen LogP contribution in [0.2, 0.25) is 0 Å². The summed E-state index contributed by atoms with van der Waals surface area (Å²) in [7, 11) is 1.71. The van der Waals surface area contributed by atoms with Gasteiger partial charge in [0.1, 0.15) is 24.2 Å². The average Bonchev–Trinajstić information content (AvgIpc) is 2.78. The van der Waals surface area contributed by atoms with E-state index in [4.69, 9.17) is 19.3 Å². The van der Waals surface area contributed by atoms with Gasteiger partial charge in [-0.15, -0.1) is 0 Å². The third kappa shape index (κ3) is 5.90. The Hall–Kier alpha value is -3.03. The second kappa shape index (κ2) is 11.4. The number of aryl methyl sites for hydroxylation is 2. The highest BCUT2D eigenvalue weighted by Gasteiger charge is 2.31. The first-order valence-electron chi connectivity index (χ1n) is 11.7. The van der Waals surface area contributed by atoms with Crippen LogP contribution in [0.3, 0.4) is 0 Å². The fourth-order valence-corrected chi connectivity index (χ4v) is 4.75. The number of rotatable bonds is 9. The van der Waals surface area contributed by atoms with E-state index in [0.717, 1.165) is 49.3 Å². The number of likely N-dealkylation sites (tertiary alicyclic amines) is 1. The van der Waals surface area contributed by atoms with Crippen molar-refractivity contribution in [3.8, 4) is 11.5 Å². The van der Waals surface area contributed by atoms with Gasteiger partial charge >= 0.3 is 6.16 Å². The molecule has 0 amide bonds. The Morgan fingerprint density at radius 3 is 2.65 bits per heavy atom. The number of fused-ring (bicyclic) bond motifs is 1. The molecule has 184 valence electrons. The van der Waals surface area contributed by atoms with Crippen LogP contribution < -0.4 is 9.47 Å². The summed E-state index contributed by atoms with van der Waals surface area (Å²) in [5.74, 6) is 1.76. The molecule has 7 heteroatoms. The van der Waals surface area contributed by atoms with E-state index < -0.39 is 6.16 Å². The standard InChI is InChI=1S/C27H33NO5.H2O/c1-4-5-19-6-7-22(26(12-19)31-3)17-32-23-10-11-25-18(2)21(9-8-20(25)13-23)14-28-15-24(16-28)33-27(29)30;/h6-7,10-13,24H,4-5,8-9,14-17H2,1-3H3,(H,29,30);1H2. The van der Waals surface area contributed by atoms with E-state index in [2.05, 4.69) is 49.1 Å². The third-order valence-electron chi connectivity index (χ3n) is 6.60. The number of allylic oxidation sites excluding steroid dienone is 1. The molecule has 1 aliphatic carbocycles. The molecule has 2 aliphatic rings. The minimum Gasteiger partial charge on any atom is -0.496 e. The number of benzene rings is 2. The highest BCUT2D eigenvalue weighted by molar-refractivity contribution is 5.72. The van der Waals surface area contributed by atoms with E-state index in [0.29, 0.717) is 19.7 Å². The monoisotopic (exact) mass is 469 g/mol. The number of carbonyl (C=O) groups is 1. The molecule has 3 N–H and O–H groups in total. The van der Waals surface area contributed by atoms with Crippen molar-refractivity contribution in [3.05, 3.63) is 64.2 Å². The van der Waals surface area contributed by atoms with E-state index in [9.17, 15) is 4.79 Å². The first kappa shape index (κ1) is 25.6. The van der Waals surface area contributed by atoms with Gasteiger partial charge in [-0.2, -0.15) is 0 Å². The summed E-state index contributed by atoms with van der Waals surface area (Å²) >= 11 is 0. The number of nitrogens with zero attached hydrogens (tertiary/aromatic N) is 1. The normalized spacial score (nSPS) is 15.7. The van der Waals surface area contributed by atoms with Gasteiger partial charge in [-0.25, -0.2) is 4.79 Å². The largest absolute Gasteiger partial charge is 0.506 e. The fourth-order valence-electron chi connectivity index (χ4n) is 4.75. The van der Waals surface area contributed by atoms with Gasteiger partial charge in [0.2, 0.25) is 0 Å². The van der Waals surface area contributed by atoms with Crippen LogP contribution in [0, 0.1) is 0 Å². The Bertz CT molecular complexity index is 1040. The van der Waals surface area contributed by atoms with Crippen LogP contribution in [0.1, 0.15) is 48.9 Å². The molecule has 34 heavy (non-hydrogen) atoms. The van der Waals surface area contributed by atoms with Crippen molar-refractivity contribution < 1.29 is 29.6 Å². The molecular formula is C27H35NO6. The zero-order valence-electron chi connectivity index (χ0n) is 20.2. The Balaban J connectivity index is 0.00000324. The molecule has 0 bridgehead atoms. The quantitative estimate of drug-likeness (QED) is 0.543. The Kier molecular flexibility index (Phi) is 8.58. The smallest absolute Gasteiger partial charge is 0.496 e. The first-order valence-corrected chi connectivity index (χ1v) is 11.7. The SMILES string of the molecule is CCCc1ccc(COc2ccc3c(c2)CCC(CN2CC(OC(=O)O)C2)=C3C)c(OC)c1.O. The predicted molar refractivity (Wildman–Crippen MR) is 132 cm³/mol.